The van der Waals surface area contributed by atoms with E-state index in [-0.39, 0.29) is 11.3 Å². The Hall–Kier alpha value is -3.08. The van der Waals surface area contributed by atoms with E-state index in [1.165, 1.54) is 12.3 Å². The topological polar surface area (TPSA) is 79.5 Å². The number of phenols is 1. The minimum Gasteiger partial charge on any atom is -0.507 e. The summed E-state index contributed by atoms with van der Waals surface area (Å²) >= 11 is 0. The third-order valence-electron chi connectivity index (χ3n) is 3.75. The molecular weight excluding hydrogens is 294 g/mol. The number of nitrogens with one attached hydrogen (secondary N) is 1. The highest BCUT2D eigenvalue weighted by Crippen LogP contribution is 2.27. The molecule has 0 spiro atoms. The van der Waals surface area contributed by atoms with Crippen molar-refractivity contribution >= 4 is 22.6 Å². The van der Waals surface area contributed by atoms with Gasteiger partial charge in [-0.2, -0.15) is 0 Å². The largest absolute Gasteiger partial charge is 0.507 e. The number of hydrogen-bond acceptors (Lipinski definition) is 4. The maximum absolute atomic E-state index is 12.5. The van der Waals surface area contributed by atoms with Gasteiger partial charge >= 0.3 is 0 Å². The van der Waals surface area contributed by atoms with Crippen LogP contribution in [0.5, 0.6) is 5.75 Å². The maximum Gasteiger partial charge on any atom is 0.262 e. The normalized spacial score (nSPS) is 10.7. The molecule has 23 heavy (non-hydrogen) atoms. The molecule has 2 N–H and O–H groups in total. The number of furan rings is 1. The van der Waals surface area contributed by atoms with Crippen LogP contribution in [0.1, 0.15) is 32.0 Å². The van der Waals surface area contributed by atoms with Crippen LogP contribution in [0.15, 0.2) is 47.1 Å². The van der Waals surface area contributed by atoms with Crippen molar-refractivity contribution in [2.24, 2.45) is 0 Å². The van der Waals surface area contributed by atoms with E-state index in [1.807, 2.05) is 12.1 Å². The molecule has 2 amide bonds. The number of phenolic OH excluding ortho intramolecular Hbond substituents is 1. The number of carbonyl (C=O) groups excluding carboxylic acids is 2. The molecule has 2 aromatic carbocycles. The Morgan fingerprint density at radius 1 is 1.00 bits per heavy atom. The summed E-state index contributed by atoms with van der Waals surface area (Å²) in [7, 11) is 0. The lowest BCUT2D eigenvalue weighted by Gasteiger charge is -2.09. The number of benzene rings is 2. The van der Waals surface area contributed by atoms with Crippen LogP contribution in [0, 0.1) is 13.8 Å². The standard InChI is InChI=1S/C18H15NO4/c1-10-9-23-11(2)15(10)17(21)19-18(22)16-13-6-4-3-5-12(13)7-8-14(16)20/h3-9,20H,1-2H3,(H,19,21,22). The van der Waals surface area contributed by atoms with E-state index in [4.69, 9.17) is 4.42 Å². The number of amides is 2. The number of rotatable bonds is 2. The third-order valence-corrected chi connectivity index (χ3v) is 3.75. The van der Waals surface area contributed by atoms with E-state index >= 15 is 0 Å². The predicted molar refractivity (Wildman–Crippen MR) is 85.6 cm³/mol. The smallest absolute Gasteiger partial charge is 0.262 e. The van der Waals surface area contributed by atoms with Gasteiger partial charge in [0.05, 0.1) is 17.4 Å². The lowest BCUT2D eigenvalue weighted by molar-refractivity contribution is 0.0848. The van der Waals surface area contributed by atoms with Crippen molar-refractivity contribution in [1.29, 1.82) is 0 Å². The molecule has 5 nitrogen and oxygen atoms in total. The van der Waals surface area contributed by atoms with Crippen LogP contribution in [0.2, 0.25) is 0 Å². The van der Waals surface area contributed by atoms with Crippen LogP contribution in [-0.2, 0) is 0 Å². The molecule has 0 aliphatic carbocycles. The van der Waals surface area contributed by atoms with Crippen molar-refractivity contribution < 1.29 is 19.1 Å². The zero-order chi connectivity index (χ0) is 16.6. The number of carbonyl (C=O) groups is 2. The summed E-state index contributed by atoms with van der Waals surface area (Å²) < 4.78 is 5.18. The Morgan fingerprint density at radius 3 is 2.39 bits per heavy atom. The van der Waals surface area contributed by atoms with E-state index in [0.29, 0.717) is 22.3 Å². The first-order chi connectivity index (χ1) is 11.0. The van der Waals surface area contributed by atoms with E-state index < -0.39 is 11.8 Å². The summed E-state index contributed by atoms with van der Waals surface area (Å²) in [6.07, 6.45) is 1.46. The molecule has 3 rings (SSSR count). The Bertz CT molecular complexity index is 904. The molecule has 116 valence electrons. The first-order valence-electron chi connectivity index (χ1n) is 7.10. The number of fused-ring (bicyclic) bond motifs is 1. The molecule has 3 aromatic rings. The van der Waals surface area contributed by atoms with Gasteiger partial charge in [-0.15, -0.1) is 0 Å². The zero-order valence-corrected chi connectivity index (χ0v) is 12.7. The highest BCUT2D eigenvalue weighted by molar-refractivity contribution is 6.17. The SMILES string of the molecule is Cc1coc(C)c1C(=O)NC(=O)c1c(O)ccc2ccccc12. The number of aryl methyl sites for hydroxylation is 2. The first-order valence-corrected chi connectivity index (χ1v) is 7.10. The fourth-order valence-electron chi connectivity index (χ4n) is 2.64. The lowest BCUT2D eigenvalue weighted by Crippen LogP contribution is -2.31. The van der Waals surface area contributed by atoms with E-state index in [1.54, 1.807) is 32.0 Å². The molecule has 0 bridgehead atoms. The van der Waals surface area contributed by atoms with Crippen LogP contribution in [0.25, 0.3) is 10.8 Å². The number of imide groups is 1. The minimum atomic E-state index is -0.649. The average molecular weight is 309 g/mol. The van der Waals surface area contributed by atoms with Gasteiger partial charge in [-0.25, -0.2) is 0 Å². The highest BCUT2D eigenvalue weighted by atomic mass is 16.3. The summed E-state index contributed by atoms with van der Waals surface area (Å²) in [6.45, 7) is 3.38. The van der Waals surface area contributed by atoms with Crippen molar-refractivity contribution in [3.05, 3.63) is 65.1 Å². The molecular formula is C18H15NO4. The van der Waals surface area contributed by atoms with Crippen LogP contribution in [0.3, 0.4) is 0 Å². The molecule has 0 fully saturated rings. The second kappa shape index (κ2) is 5.61. The third kappa shape index (κ3) is 2.57. The van der Waals surface area contributed by atoms with Gasteiger partial charge in [0.1, 0.15) is 11.5 Å². The van der Waals surface area contributed by atoms with Crippen LogP contribution >= 0.6 is 0 Å². The molecule has 0 aliphatic heterocycles. The van der Waals surface area contributed by atoms with Gasteiger partial charge in [0, 0.05) is 5.56 Å². The fourth-order valence-corrected chi connectivity index (χ4v) is 2.64. The molecule has 1 aromatic heterocycles. The summed E-state index contributed by atoms with van der Waals surface area (Å²) in [5.74, 6) is -0.931. The number of aromatic hydroxyl groups is 1. The Kier molecular flexibility index (Phi) is 3.62. The second-order valence-electron chi connectivity index (χ2n) is 5.31. The molecule has 5 heteroatoms. The Balaban J connectivity index is 1.99. The Morgan fingerprint density at radius 2 is 1.70 bits per heavy atom. The molecule has 0 atom stereocenters. The van der Waals surface area contributed by atoms with Crippen LogP contribution in [0.4, 0.5) is 0 Å². The average Bonchev–Trinajstić information content (AvgIpc) is 2.85. The molecule has 0 unspecified atom stereocenters. The van der Waals surface area contributed by atoms with Gasteiger partial charge in [-0.1, -0.05) is 30.3 Å². The van der Waals surface area contributed by atoms with Crippen molar-refractivity contribution in [2.75, 3.05) is 0 Å². The second-order valence-corrected chi connectivity index (χ2v) is 5.31. The van der Waals surface area contributed by atoms with E-state index in [2.05, 4.69) is 5.32 Å². The summed E-state index contributed by atoms with van der Waals surface area (Å²) in [6, 6.07) is 10.3. The van der Waals surface area contributed by atoms with Gasteiger partial charge < -0.3 is 9.52 Å². The molecule has 1 heterocycles. The van der Waals surface area contributed by atoms with Crippen LogP contribution < -0.4 is 5.32 Å². The van der Waals surface area contributed by atoms with Crippen molar-refractivity contribution in [2.45, 2.75) is 13.8 Å². The van der Waals surface area contributed by atoms with Gasteiger partial charge in [0.25, 0.3) is 11.8 Å². The lowest BCUT2D eigenvalue weighted by atomic mass is 10.0. The summed E-state index contributed by atoms with van der Waals surface area (Å²) in [5.41, 5.74) is 1.06. The van der Waals surface area contributed by atoms with Crippen molar-refractivity contribution in [1.82, 2.24) is 5.32 Å². The zero-order valence-electron chi connectivity index (χ0n) is 12.7. The predicted octanol–water partition coefficient (Wildman–Crippen LogP) is 3.33. The molecule has 0 radical (unpaired) electrons. The summed E-state index contributed by atoms with van der Waals surface area (Å²) in [4.78, 5) is 24.8. The quantitative estimate of drug-likeness (QED) is 0.712. The van der Waals surface area contributed by atoms with Gasteiger partial charge in [0.2, 0.25) is 0 Å². The van der Waals surface area contributed by atoms with Crippen molar-refractivity contribution in [3.8, 4) is 5.75 Å². The van der Waals surface area contributed by atoms with E-state index in [0.717, 1.165) is 5.39 Å². The molecule has 0 aliphatic rings. The summed E-state index contributed by atoms with van der Waals surface area (Å²) in [5, 5.41) is 13.7. The first kappa shape index (κ1) is 14.8. The number of hydrogen-bond donors (Lipinski definition) is 2. The van der Waals surface area contributed by atoms with E-state index in [9.17, 15) is 14.7 Å². The van der Waals surface area contributed by atoms with Gasteiger partial charge in [-0.05, 0) is 30.7 Å². The highest BCUT2D eigenvalue weighted by Gasteiger charge is 2.21. The van der Waals surface area contributed by atoms with Crippen LogP contribution in [-0.4, -0.2) is 16.9 Å². The fraction of sp³-hybridized carbons (Fsp3) is 0.111. The Labute approximate surface area is 132 Å². The molecule has 0 saturated heterocycles. The molecule has 0 saturated carbocycles. The monoisotopic (exact) mass is 309 g/mol. The van der Waals surface area contributed by atoms with Gasteiger partial charge in [-0.3, -0.25) is 14.9 Å². The minimum absolute atomic E-state index is 0.0789. The van der Waals surface area contributed by atoms with Crippen molar-refractivity contribution in [3.63, 3.8) is 0 Å². The van der Waals surface area contributed by atoms with Gasteiger partial charge in [0.15, 0.2) is 0 Å². The maximum atomic E-state index is 12.5.